The van der Waals surface area contributed by atoms with E-state index in [2.05, 4.69) is 0 Å². The van der Waals surface area contributed by atoms with Gasteiger partial charge < -0.3 is 10.0 Å². The van der Waals surface area contributed by atoms with Crippen LogP contribution in [0.4, 0.5) is 0 Å². The van der Waals surface area contributed by atoms with Crippen LogP contribution in [0.5, 0.6) is 0 Å². The summed E-state index contributed by atoms with van der Waals surface area (Å²) in [5.74, 6) is -2.39. The summed E-state index contributed by atoms with van der Waals surface area (Å²) in [5.41, 5.74) is 0.921. The van der Waals surface area contributed by atoms with Crippen LogP contribution in [0.25, 0.3) is 0 Å². The second-order valence-corrected chi connectivity index (χ2v) is 6.85. The van der Waals surface area contributed by atoms with Gasteiger partial charge in [-0.25, -0.2) is 13.2 Å². The molecule has 116 valence electrons. The highest BCUT2D eigenvalue weighted by molar-refractivity contribution is 7.92. The molecule has 7 heteroatoms. The minimum Gasteiger partial charge on any atom is -0.478 e. The molecule has 0 heterocycles. The van der Waals surface area contributed by atoms with Crippen LogP contribution in [-0.2, 0) is 14.6 Å². The van der Waals surface area contributed by atoms with Crippen molar-refractivity contribution in [2.24, 2.45) is 0 Å². The molecule has 0 aromatic heterocycles. The van der Waals surface area contributed by atoms with E-state index in [4.69, 9.17) is 5.11 Å². The Balaban J connectivity index is 3.31. The number of aromatic carboxylic acids is 1. The van der Waals surface area contributed by atoms with E-state index in [1.807, 2.05) is 0 Å². The van der Waals surface area contributed by atoms with Crippen molar-refractivity contribution in [1.82, 2.24) is 4.90 Å². The molecule has 1 amide bonds. The van der Waals surface area contributed by atoms with Crippen LogP contribution < -0.4 is 0 Å². The number of carbonyl (C=O) groups is 2. The number of carboxylic acids is 1. The largest absolute Gasteiger partial charge is 0.478 e. The third-order valence-electron chi connectivity index (χ3n) is 3.42. The fraction of sp³-hybridized carbons (Fsp3) is 0.429. The Labute approximate surface area is 124 Å². The van der Waals surface area contributed by atoms with E-state index in [0.717, 1.165) is 6.07 Å². The number of aryl methyl sites for hydroxylation is 1. The molecule has 1 rings (SSSR count). The zero-order chi connectivity index (χ0) is 16.4. The first-order chi connectivity index (χ1) is 9.60. The van der Waals surface area contributed by atoms with Gasteiger partial charge in [-0.15, -0.1) is 0 Å². The van der Waals surface area contributed by atoms with E-state index >= 15 is 0 Å². The predicted molar refractivity (Wildman–Crippen MR) is 78.2 cm³/mol. The first-order valence-corrected chi connectivity index (χ1v) is 8.06. The lowest BCUT2D eigenvalue weighted by molar-refractivity contribution is -0.126. The molecule has 0 atom stereocenters. The molecule has 0 aliphatic carbocycles. The molecule has 0 saturated carbocycles. The van der Waals surface area contributed by atoms with Gasteiger partial charge in [-0.05, 0) is 44.0 Å². The molecule has 0 spiro atoms. The molecule has 0 saturated heterocycles. The van der Waals surface area contributed by atoms with Crippen LogP contribution in [0.1, 0.15) is 28.4 Å². The number of carboxylic acid groups (broad SMARTS) is 1. The van der Waals surface area contributed by atoms with Crippen LogP contribution in [0.3, 0.4) is 0 Å². The second kappa shape index (κ2) is 6.26. The Morgan fingerprint density at radius 2 is 1.81 bits per heavy atom. The molecule has 0 aliphatic rings. The van der Waals surface area contributed by atoms with Crippen molar-refractivity contribution in [2.75, 3.05) is 19.3 Å². The van der Waals surface area contributed by atoms with Crippen molar-refractivity contribution in [1.29, 1.82) is 0 Å². The Morgan fingerprint density at radius 3 is 2.29 bits per heavy atom. The zero-order valence-corrected chi connectivity index (χ0v) is 13.3. The summed E-state index contributed by atoms with van der Waals surface area (Å²) in [6.07, 6.45) is 0. The normalized spacial score (nSPS) is 11.2. The molecule has 1 aromatic rings. The van der Waals surface area contributed by atoms with Gasteiger partial charge in [-0.1, -0.05) is 0 Å². The van der Waals surface area contributed by atoms with Crippen LogP contribution in [-0.4, -0.2) is 49.6 Å². The summed E-state index contributed by atoms with van der Waals surface area (Å²) in [6.45, 7) is 5.38. The molecule has 0 unspecified atom stereocenters. The molecular weight excluding hydrogens is 294 g/mol. The van der Waals surface area contributed by atoms with Crippen molar-refractivity contribution in [3.05, 3.63) is 28.8 Å². The number of nitrogens with zero attached hydrogens (tertiary/aromatic N) is 1. The lowest BCUT2D eigenvalue weighted by atomic mass is 10.1. The van der Waals surface area contributed by atoms with E-state index in [-0.39, 0.29) is 10.5 Å². The number of rotatable bonds is 5. The number of hydrogen-bond donors (Lipinski definition) is 1. The van der Waals surface area contributed by atoms with Crippen LogP contribution >= 0.6 is 0 Å². The standard InChI is InChI=1S/C14H19NO5S/c1-5-15(4)13(16)8-21(19,20)12-7-11(14(17)18)6-9(2)10(12)3/h6-7H,5,8H2,1-4H3,(H,17,18). The summed E-state index contributed by atoms with van der Waals surface area (Å²) >= 11 is 0. The average Bonchev–Trinajstić information content (AvgIpc) is 2.39. The monoisotopic (exact) mass is 313 g/mol. The van der Waals surface area contributed by atoms with Gasteiger partial charge in [0.2, 0.25) is 5.91 Å². The fourth-order valence-corrected chi connectivity index (χ4v) is 3.44. The molecular formula is C14H19NO5S. The first kappa shape index (κ1) is 17.2. The topological polar surface area (TPSA) is 91.8 Å². The Bertz CT molecular complexity index is 679. The van der Waals surface area contributed by atoms with E-state index < -0.39 is 27.5 Å². The molecule has 21 heavy (non-hydrogen) atoms. The van der Waals surface area contributed by atoms with Crippen molar-refractivity contribution in [3.63, 3.8) is 0 Å². The van der Waals surface area contributed by atoms with E-state index in [1.54, 1.807) is 20.8 Å². The van der Waals surface area contributed by atoms with Crippen molar-refractivity contribution in [3.8, 4) is 0 Å². The first-order valence-electron chi connectivity index (χ1n) is 6.41. The molecule has 0 fully saturated rings. The molecule has 0 bridgehead atoms. The van der Waals surface area contributed by atoms with Crippen LogP contribution in [0.2, 0.25) is 0 Å². The van der Waals surface area contributed by atoms with Gasteiger partial charge in [0.1, 0.15) is 5.75 Å². The van der Waals surface area contributed by atoms with E-state index in [0.29, 0.717) is 17.7 Å². The Morgan fingerprint density at radius 1 is 1.24 bits per heavy atom. The van der Waals surface area contributed by atoms with Crippen molar-refractivity contribution < 1.29 is 23.1 Å². The van der Waals surface area contributed by atoms with Crippen molar-refractivity contribution in [2.45, 2.75) is 25.7 Å². The highest BCUT2D eigenvalue weighted by Crippen LogP contribution is 2.22. The SMILES string of the molecule is CCN(C)C(=O)CS(=O)(=O)c1cc(C(=O)O)cc(C)c1C. The number of hydrogen-bond acceptors (Lipinski definition) is 4. The molecule has 1 N–H and O–H groups in total. The van der Waals surface area contributed by atoms with Gasteiger partial charge in [0, 0.05) is 13.6 Å². The summed E-state index contributed by atoms with van der Waals surface area (Å²) in [6, 6.07) is 2.52. The quantitative estimate of drug-likeness (QED) is 0.883. The maximum absolute atomic E-state index is 12.4. The minimum absolute atomic E-state index is 0.0993. The van der Waals surface area contributed by atoms with E-state index in [9.17, 15) is 18.0 Å². The highest BCUT2D eigenvalue weighted by Gasteiger charge is 2.25. The fourth-order valence-electron chi connectivity index (χ4n) is 1.80. The lowest BCUT2D eigenvalue weighted by Crippen LogP contribution is -2.32. The third-order valence-corrected chi connectivity index (χ3v) is 5.14. The van der Waals surface area contributed by atoms with Gasteiger partial charge in [-0.2, -0.15) is 0 Å². The van der Waals surface area contributed by atoms with E-state index in [1.165, 1.54) is 18.0 Å². The smallest absolute Gasteiger partial charge is 0.335 e. The highest BCUT2D eigenvalue weighted by atomic mass is 32.2. The summed E-state index contributed by atoms with van der Waals surface area (Å²) in [7, 11) is -2.36. The molecule has 6 nitrogen and oxygen atoms in total. The third kappa shape index (κ3) is 3.81. The van der Waals surface area contributed by atoms with Gasteiger partial charge in [0.25, 0.3) is 0 Å². The number of benzene rings is 1. The maximum atomic E-state index is 12.4. The maximum Gasteiger partial charge on any atom is 0.335 e. The Hall–Kier alpha value is -1.89. The summed E-state index contributed by atoms with van der Waals surface area (Å²) < 4.78 is 24.7. The summed E-state index contributed by atoms with van der Waals surface area (Å²) in [5, 5.41) is 9.03. The number of sulfone groups is 1. The van der Waals surface area contributed by atoms with Crippen LogP contribution in [0.15, 0.2) is 17.0 Å². The lowest BCUT2D eigenvalue weighted by Gasteiger charge is -2.16. The van der Waals surface area contributed by atoms with Gasteiger partial charge in [0.05, 0.1) is 10.5 Å². The number of carbonyl (C=O) groups excluding carboxylic acids is 1. The van der Waals surface area contributed by atoms with Crippen LogP contribution in [0, 0.1) is 13.8 Å². The van der Waals surface area contributed by atoms with Gasteiger partial charge in [-0.3, -0.25) is 4.79 Å². The minimum atomic E-state index is -3.88. The average molecular weight is 313 g/mol. The molecule has 1 aromatic carbocycles. The summed E-state index contributed by atoms with van der Waals surface area (Å²) in [4.78, 5) is 24.1. The zero-order valence-electron chi connectivity index (χ0n) is 12.5. The molecule has 0 radical (unpaired) electrons. The van der Waals surface area contributed by atoms with Gasteiger partial charge >= 0.3 is 5.97 Å². The molecule has 0 aliphatic heterocycles. The predicted octanol–water partition coefficient (Wildman–Crippen LogP) is 1.25. The number of amides is 1. The second-order valence-electron chi connectivity index (χ2n) is 4.89. The Kier molecular flexibility index (Phi) is 5.11. The van der Waals surface area contributed by atoms with Crippen molar-refractivity contribution >= 4 is 21.7 Å². The van der Waals surface area contributed by atoms with Gasteiger partial charge in [0.15, 0.2) is 9.84 Å².